The summed E-state index contributed by atoms with van der Waals surface area (Å²) < 4.78 is 5.35. The Bertz CT molecular complexity index is 696. The minimum Gasteiger partial charge on any atom is -0.466 e. The first kappa shape index (κ1) is 22.1. The monoisotopic (exact) mass is 382 g/mol. The molecule has 0 N–H and O–H groups in total. The van der Waals surface area contributed by atoms with Crippen LogP contribution in [0.25, 0.3) is 11.4 Å². The minimum atomic E-state index is -0.112. The fourth-order valence-electron chi connectivity index (χ4n) is 3.12. The van der Waals surface area contributed by atoms with Crippen LogP contribution in [0, 0.1) is 0 Å². The molecule has 0 spiro atoms. The van der Waals surface area contributed by atoms with Crippen LogP contribution in [0.5, 0.6) is 0 Å². The van der Waals surface area contributed by atoms with Crippen molar-refractivity contribution in [2.24, 2.45) is 0 Å². The Balaban J connectivity index is 1.84. The highest BCUT2D eigenvalue weighted by Gasteiger charge is 2.13. The second kappa shape index (κ2) is 12.3. The van der Waals surface area contributed by atoms with Crippen molar-refractivity contribution in [3.05, 3.63) is 47.8 Å². The second-order valence-corrected chi connectivity index (χ2v) is 7.53. The van der Waals surface area contributed by atoms with E-state index in [1.807, 2.05) is 24.5 Å². The molecule has 4 heteroatoms. The molecule has 152 valence electrons. The minimum absolute atomic E-state index is 0.112. The molecule has 0 aliphatic rings. The van der Waals surface area contributed by atoms with Gasteiger partial charge in [-0.1, -0.05) is 70.7 Å². The molecule has 1 atom stereocenters. The zero-order valence-electron chi connectivity index (χ0n) is 17.6. The van der Waals surface area contributed by atoms with Crippen LogP contribution in [-0.4, -0.2) is 22.5 Å². The quantitative estimate of drug-likeness (QED) is 0.328. The Morgan fingerprint density at radius 2 is 1.64 bits per heavy atom. The second-order valence-electron chi connectivity index (χ2n) is 7.53. The molecule has 1 aromatic heterocycles. The maximum absolute atomic E-state index is 12.0. The Kier molecular flexibility index (Phi) is 9.67. The highest BCUT2D eigenvalue weighted by atomic mass is 16.5. The molecule has 0 radical (unpaired) electrons. The number of carbonyl (C=O) groups is 1. The molecule has 1 unspecified atom stereocenters. The number of esters is 1. The molecule has 0 fully saturated rings. The van der Waals surface area contributed by atoms with Crippen molar-refractivity contribution in [1.29, 1.82) is 0 Å². The predicted octanol–water partition coefficient (Wildman–Crippen LogP) is 6.10. The van der Waals surface area contributed by atoms with Crippen LogP contribution in [0.3, 0.4) is 0 Å². The van der Waals surface area contributed by atoms with Crippen LogP contribution in [0.2, 0.25) is 0 Å². The molecule has 0 aliphatic heterocycles. The highest BCUT2D eigenvalue weighted by Crippen LogP contribution is 2.23. The average molecular weight is 383 g/mol. The fourth-order valence-corrected chi connectivity index (χ4v) is 3.12. The van der Waals surface area contributed by atoms with Gasteiger partial charge in [-0.05, 0) is 36.3 Å². The van der Waals surface area contributed by atoms with Gasteiger partial charge in [0.15, 0.2) is 5.82 Å². The summed E-state index contributed by atoms with van der Waals surface area (Å²) in [4.78, 5) is 21.0. The lowest BCUT2D eigenvalue weighted by Crippen LogP contribution is -2.09. The van der Waals surface area contributed by atoms with Crippen molar-refractivity contribution in [3.8, 4) is 11.4 Å². The van der Waals surface area contributed by atoms with Crippen LogP contribution in [0.1, 0.15) is 82.8 Å². The molecule has 0 aliphatic carbocycles. The number of aryl methyl sites for hydroxylation is 1. The Labute approximate surface area is 169 Å². The topological polar surface area (TPSA) is 52.1 Å². The number of benzene rings is 1. The van der Waals surface area contributed by atoms with E-state index in [1.54, 1.807) is 0 Å². The number of ether oxygens (including phenoxy) is 1. The molecule has 2 aromatic rings. The summed E-state index contributed by atoms with van der Waals surface area (Å²) in [6.07, 6.45) is 12.1. The summed E-state index contributed by atoms with van der Waals surface area (Å²) in [7, 11) is 0. The van der Waals surface area contributed by atoms with Gasteiger partial charge < -0.3 is 4.74 Å². The largest absolute Gasteiger partial charge is 0.466 e. The number of aromatic nitrogens is 2. The molecule has 1 aromatic carbocycles. The zero-order chi connectivity index (χ0) is 20.2. The first-order chi connectivity index (χ1) is 13.6. The Hall–Kier alpha value is -2.23. The third kappa shape index (κ3) is 7.41. The van der Waals surface area contributed by atoms with E-state index >= 15 is 0 Å². The lowest BCUT2D eigenvalue weighted by Gasteiger charge is -2.12. The molecule has 0 saturated heterocycles. The van der Waals surface area contributed by atoms with Crippen molar-refractivity contribution >= 4 is 5.97 Å². The summed E-state index contributed by atoms with van der Waals surface area (Å²) in [6.45, 7) is 6.96. The van der Waals surface area contributed by atoms with Gasteiger partial charge in [-0.25, -0.2) is 9.97 Å². The van der Waals surface area contributed by atoms with E-state index in [2.05, 4.69) is 42.9 Å². The summed E-state index contributed by atoms with van der Waals surface area (Å²) in [6, 6.07) is 8.18. The van der Waals surface area contributed by atoms with Crippen molar-refractivity contribution in [1.82, 2.24) is 9.97 Å². The standard InChI is InChI=1S/C24H34N2O2/c1-4-6-8-9-15-28-23(27)16-19(3)21-11-13-22(14-12-21)24-25-17-20(18-26-24)10-7-5-2/h11-14,17-19H,4-10,15-16H2,1-3H3. The van der Waals surface area contributed by atoms with E-state index in [-0.39, 0.29) is 11.9 Å². The number of carbonyl (C=O) groups excluding carboxylic acids is 1. The molecular weight excluding hydrogens is 348 g/mol. The van der Waals surface area contributed by atoms with Gasteiger partial charge in [-0.2, -0.15) is 0 Å². The van der Waals surface area contributed by atoms with Crippen LogP contribution < -0.4 is 0 Å². The molecular formula is C24H34N2O2. The zero-order valence-corrected chi connectivity index (χ0v) is 17.6. The average Bonchev–Trinajstić information content (AvgIpc) is 2.72. The van der Waals surface area contributed by atoms with Crippen LogP contribution >= 0.6 is 0 Å². The number of hydrogen-bond donors (Lipinski definition) is 0. The third-order valence-electron chi connectivity index (χ3n) is 5.00. The van der Waals surface area contributed by atoms with Crippen LogP contribution in [0.15, 0.2) is 36.7 Å². The van der Waals surface area contributed by atoms with Crippen molar-refractivity contribution in [2.45, 2.75) is 78.1 Å². The van der Waals surface area contributed by atoms with Gasteiger partial charge in [0.1, 0.15) is 0 Å². The van der Waals surface area contributed by atoms with Crippen LogP contribution in [-0.2, 0) is 16.0 Å². The lowest BCUT2D eigenvalue weighted by molar-refractivity contribution is -0.144. The van der Waals surface area contributed by atoms with E-state index < -0.39 is 0 Å². The van der Waals surface area contributed by atoms with Gasteiger partial charge in [0.05, 0.1) is 13.0 Å². The number of rotatable bonds is 12. The summed E-state index contributed by atoms with van der Waals surface area (Å²) in [5, 5.41) is 0. The molecule has 0 bridgehead atoms. The normalized spacial score (nSPS) is 12.0. The van der Waals surface area contributed by atoms with Crippen LogP contribution in [0.4, 0.5) is 0 Å². The SMILES string of the molecule is CCCCCCOC(=O)CC(C)c1ccc(-c2ncc(CCCC)cn2)cc1. The third-order valence-corrected chi connectivity index (χ3v) is 5.00. The molecule has 0 amide bonds. The Morgan fingerprint density at radius 1 is 0.964 bits per heavy atom. The van der Waals surface area contributed by atoms with Gasteiger partial charge in [0.25, 0.3) is 0 Å². The Morgan fingerprint density at radius 3 is 2.29 bits per heavy atom. The predicted molar refractivity (Wildman–Crippen MR) is 114 cm³/mol. The molecule has 2 rings (SSSR count). The summed E-state index contributed by atoms with van der Waals surface area (Å²) in [5.74, 6) is 0.763. The smallest absolute Gasteiger partial charge is 0.306 e. The molecule has 1 heterocycles. The first-order valence-corrected chi connectivity index (χ1v) is 10.7. The van der Waals surface area contributed by atoms with Gasteiger partial charge in [0.2, 0.25) is 0 Å². The van der Waals surface area contributed by atoms with E-state index in [9.17, 15) is 4.79 Å². The first-order valence-electron chi connectivity index (χ1n) is 10.7. The van der Waals surface area contributed by atoms with E-state index in [0.29, 0.717) is 13.0 Å². The van der Waals surface area contributed by atoms with E-state index in [4.69, 9.17) is 4.74 Å². The molecule has 0 saturated carbocycles. The van der Waals surface area contributed by atoms with Gasteiger partial charge in [-0.3, -0.25) is 4.79 Å². The molecule has 28 heavy (non-hydrogen) atoms. The lowest BCUT2D eigenvalue weighted by atomic mass is 9.96. The maximum Gasteiger partial charge on any atom is 0.306 e. The van der Waals surface area contributed by atoms with Crippen molar-refractivity contribution in [2.75, 3.05) is 6.61 Å². The summed E-state index contributed by atoms with van der Waals surface area (Å²) >= 11 is 0. The molecule has 4 nitrogen and oxygen atoms in total. The number of unbranched alkanes of at least 4 members (excludes halogenated alkanes) is 4. The van der Waals surface area contributed by atoms with Gasteiger partial charge in [0, 0.05) is 18.0 Å². The highest BCUT2D eigenvalue weighted by molar-refractivity contribution is 5.70. The van der Waals surface area contributed by atoms with Gasteiger partial charge >= 0.3 is 5.97 Å². The number of nitrogens with zero attached hydrogens (tertiary/aromatic N) is 2. The van der Waals surface area contributed by atoms with Crippen molar-refractivity contribution < 1.29 is 9.53 Å². The fraction of sp³-hybridized carbons (Fsp3) is 0.542. The number of hydrogen-bond acceptors (Lipinski definition) is 4. The maximum atomic E-state index is 12.0. The van der Waals surface area contributed by atoms with Gasteiger partial charge in [-0.15, -0.1) is 0 Å². The van der Waals surface area contributed by atoms with E-state index in [0.717, 1.165) is 42.6 Å². The van der Waals surface area contributed by atoms with E-state index in [1.165, 1.54) is 24.8 Å². The van der Waals surface area contributed by atoms with Crippen molar-refractivity contribution in [3.63, 3.8) is 0 Å². The summed E-state index contributed by atoms with van der Waals surface area (Å²) in [5.41, 5.74) is 3.31.